The third-order valence-corrected chi connectivity index (χ3v) is 5.68. The molecule has 7 nitrogen and oxygen atoms in total. The maximum absolute atomic E-state index is 12.6. The molecule has 148 valence electrons. The van der Waals surface area contributed by atoms with Gasteiger partial charge in [-0.25, -0.2) is 9.67 Å². The Morgan fingerprint density at radius 2 is 1.86 bits per heavy atom. The number of benzene rings is 2. The highest BCUT2D eigenvalue weighted by Crippen LogP contribution is 2.28. The highest BCUT2D eigenvalue weighted by atomic mass is 32.1. The Kier molecular flexibility index (Phi) is 5.39. The molecule has 29 heavy (non-hydrogen) atoms. The van der Waals surface area contributed by atoms with Gasteiger partial charge in [-0.15, -0.1) is 11.3 Å². The van der Waals surface area contributed by atoms with Crippen LogP contribution in [0.3, 0.4) is 0 Å². The fourth-order valence-corrected chi connectivity index (χ4v) is 4.01. The molecule has 4 aromatic rings. The van der Waals surface area contributed by atoms with E-state index in [-0.39, 0.29) is 6.54 Å². The molecule has 2 unspecified atom stereocenters. The fourth-order valence-electron chi connectivity index (χ4n) is 3.03. The molecule has 0 spiro atoms. The van der Waals surface area contributed by atoms with Crippen LogP contribution in [0.1, 0.15) is 16.7 Å². The summed E-state index contributed by atoms with van der Waals surface area (Å²) < 4.78 is 2.61. The Morgan fingerprint density at radius 1 is 1.14 bits per heavy atom. The van der Waals surface area contributed by atoms with Crippen molar-refractivity contribution in [1.29, 1.82) is 0 Å². The van der Waals surface area contributed by atoms with Crippen LogP contribution in [0.5, 0.6) is 0 Å². The summed E-state index contributed by atoms with van der Waals surface area (Å²) >= 11 is 1.26. The first kappa shape index (κ1) is 19.3. The molecule has 0 aliphatic carbocycles. The van der Waals surface area contributed by atoms with Crippen molar-refractivity contribution in [2.45, 2.75) is 18.8 Å². The van der Waals surface area contributed by atoms with E-state index in [0.717, 1.165) is 21.5 Å². The number of carbonyl (C=O) groups is 1. The number of hydrogen-bond donors (Lipinski definition) is 2. The van der Waals surface area contributed by atoms with Gasteiger partial charge in [0.2, 0.25) is 0 Å². The molecule has 0 bridgehead atoms. The summed E-state index contributed by atoms with van der Waals surface area (Å²) in [6.45, 7) is 0.259. The first-order chi connectivity index (χ1) is 14.0. The predicted octanol–water partition coefficient (Wildman–Crippen LogP) is 2.53. The number of aliphatic hydroxyl groups is 2. The third kappa shape index (κ3) is 4.04. The molecular weight excluding hydrogens is 388 g/mol. The van der Waals surface area contributed by atoms with E-state index < -0.39 is 18.1 Å². The van der Waals surface area contributed by atoms with Gasteiger partial charge < -0.3 is 15.1 Å². The molecule has 0 fully saturated rings. The molecule has 2 aromatic heterocycles. The van der Waals surface area contributed by atoms with E-state index in [2.05, 4.69) is 10.1 Å². The summed E-state index contributed by atoms with van der Waals surface area (Å²) in [6, 6.07) is 17.1. The smallest absolute Gasteiger partial charge is 0.254 e. The van der Waals surface area contributed by atoms with E-state index in [1.54, 1.807) is 17.9 Å². The molecule has 1 amide bonds. The number of fused-ring (bicyclic) bond motifs is 1. The quantitative estimate of drug-likeness (QED) is 0.512. The SMILES string of the molecule is CN(Cc1cnn(-c2ccccc2)c1)C(=O)C(O)C(O)c1nc2ccccc2s1. The van der Waals surface area contributed by atoms with Gasteiger partial charge in [0, 0.05) is 25.4 Å². The fraction of sp³-hybridized carbons (Fsp3) is 0.190. The van der Waals surface area contributed by atoms with E-state index in [0.29, 0.717) is 5.01 Å². The maximum atomic E-state index is 12.6. The van der Waals surface area contributed by atoms with Gasteiger partial charge in [-0.3, -0.25) is 4.79 Å². The number of aliphatic hydroxyl groups excluding tert-OH is 2. The van der Waals surface area contributed by atoms with Crippen LogP contribution in [0.25, 0.3) is 15.9 Å². The lowest BCUT2D eigenvalue weighted by molar-refractivity contribution is -0.145. The molecule has 2 atom stereocenters. The molecule has 2 aromatic carbocycles. The standard InChI is InChI=1S/C21H20N4O3S/c1-24(12-14-11-22-25(13-14)15-7-3-2-4-8-15)21(28)19(27)18(26)20-23-16-9-5-6-10-17(16)29-20/h2-11,13,18-19,26-27H,12H2,1H3. The van der Waals surface area contributed by atoms with Crippen molar-refractivity contribution >= 4 is 27.5 Å². The lowest BCUT2D eigenvalue weighted by atomic mass is 10.2. The summed E-state index contributed by atoms with van der Waals surface area (Å²) in [4.78, 5) is 18.3. The zero-order valence-corrected chi connectivity index (χ0v) is 16.5. The van der Waals surface area contributed by atoms with Crippen LogP contribution in [0.15, 0.2) is 67.0 Å². The largest absolute Gasteiger partial charge is 0.383 e. The summed E-state index contributed by atoms with van der Waals surface area (Å²) in [5.74, 6) is -0.579. The average molecular weight is 408 g/mol. The van der Waals surface area contributed by atoms with Gasteiger partial charge in [0.15, 0.2) is 6.10 Å². The van der Waals surface area contributed by atoms with Crippen molar-refractivity contribution in [1.82, 2.24) is 19.7 Å². The van der Waals surface area contributed by atoms with Crippen molar-refractivity contribution in [3.05, 3.63) is 77.6 Å². The zero-order valence-electron chi connectivity index (χ0n) is 15.7. The molecule has 0 saturated carbocycles. The van der Waals surface area contributed by atoms with E-state index in [1.165, 1.54) is 16.2 Å². The molecule has 2 heterocycles. The highest BCUT2D eigenvalue weighted by Gasteiger charge is 2.30. The number of nitrogens with zero attached hydrogens (tertiary/aromatic N) is 4. The number of amides is 1. The topological polar surface area (TPSA) is 91.5 Å². The minimum Gasteiger partial charge on any atom is -0.383 e. The van der Waals surface area contributed by atoms with Crippen molar-refractivity contribution in [2.24, 2.45) is 0 Å². The minimum atomic E-state index is -1.59. The van der Waals surface area contributed by atoms with Crippen molar-refractivity contribution < 1.29 is 15.0 Å². The van der Waals surface area contributed by atoms with E-state index in [1.807, 2.05) is 60.8 Å². The van der Waals surface area contributed by atoms with Crippen molar-refractivity contribution in [2.75, 3.05) is 7.05 Å². The molecular formula is C21H20N4O3S. The molecule has 0 saturated heterocycles. The number of thiazole rings is 1. The second kappa shape index (κ2) is 8.12. The molecule has 0 aliphatic heterocycles. The number of rotatable bonds is 6. The summed E-state index contributed by atoms with van der Waals surface area (Å²) in [5, 5.41) is 25.5. The van der Waals surface area contributed by atoms with Gasteiger partial charge in [0.05, 0.1) is 22.1 Å². The number of likely N-dealkylation sites (N-methyl/N-ethyl adjacent to an activating group) is 1. The molecule has 0 aliphatic rings. The Balaban J connectivity index is 1.43. The Bertz CT molecular complexity index is 1090. The van der Waals surface area contributed by atoms with Gasteiger partial charge in [0.1, 0.15) is 11.1 Å². The molecule has 0 radical (unpaired) electrons. The number of carbonyl (C=O) groups excluding carboxylic acids is 1. The van der Waals surface area contributed by atoms with Crippen LogP contribution in [0, 0.1) is 0 Å². The normalized spacial score (nSPS) is 13.3. The molecule has 4 rings (SSSR count). The molecule has 2 N–H and O–H groups in total. The number of para-hydroxylation sites is 2. The molecule has 8 heteroatoms. The van der Waals surface area contributed by atoms with Crippen molar-refractivity contribution in [3.8, 4) is 5.69 Å². The van der Waals surface area contributed by atoms with E-state index >= 15 is 0 Å². The summed E-state index contributed by atoms with van der Waals surface area (Å²) in [5.41, 5.74) is 2.46. The van der Waals surface area contributed by atoms with Gasteiger partial charge in [-0.2, -0.15) is 5.10 Å². The van der Waals surface area contributed by atoms with Gasteiger partial charge in [0.25, 0.3) is 5.91 Å². The van der Waals surface area contributed by atoms with Gasteiger partial charge in [-0.05, 0) is 24.3 Å². The third-order valence-electron chi connectivity index (χ3n) is 4.57. The van der Waals surface area contributed by atoms with Crippen LogP contribution >= 0.6 is 11.3 Å². The number of aromatic nitrogens is 3. The van der Waals surface area contributed by atoms with Gasteiger partial charge in [-0.1, -0.05) is 30.3 Å². The van der Waals surface area contributed by atoms with Crippen LogP contribution in [0.4, 0.5) is 0 Å². The van der Waals surface area contributed by atoms with Crippen LogP contribution in [-0.2, 0) is 11.3 Å². The highest BCUT2D eigenvalue weighted by molar-refractivity contribution is 7.18. The monoisotopic (exact) mass is 408 g/mol. The summed E-state index contributed by atoms with van der Waals surface area (Å²) in [7, 11) is 1.58. The Hall–Kier alpha value is -3.07. The van der Waals surface area contributed by atoms with E-state index in [9.17, 15) is 15.0 Å². The van der Waals surface area contributed by atoms with Crippen LogP contribution < -0.4 is 0 Å². The summed E-state index contributed by atoms with van der Waals surface area (Å²) in [6.07, 6.45) is 0.530. The van der Waals surface area contributed by atoms with E-state index in [4.69, 9.17) is 0 Å². The second-order valence-corrected chi connectivity index (χ2v) is 7.79. The Morgan fingerprint density at radius 3 is 2.62 bits per heavy atom. The zero-order chi connectivity index (χ0) is 20.4. The maximum Gasteiger partial charge on any atom is 0.254 e. The lowest BCUT2D eigenvalue weighted by Gasteiger charge is -2.22. The first-order valence-electron chi connectivity index (χ1n) is 9.08. The van der Waals surface area contributed by atoms with Gasteiger partial charge >= 0.3 is 0 Å². The average Bonchev–Trinajstić information content (AvgIpc) is 3.39. The number of hydrogen-bond acceptors (Lipinski definition) is 6. The lowest BCUT2D eigenvalue weighted by Crippen LogP contribution is -2.39. The minimum absolute atomic E-state index is 0.259. The second-order valence-electron chi connectivity index (χ2n) is 6.73. The van der Waals surface area contributed by atoms with Crippen molar-refractivity contribution in [3.63, 3.8) is 0 Å². The first-order valence-corrected chi connectivity index (χ1v) is 9.90. The Labute approximate surface area is 171 Å². The predicted molar refractivity (Wildman–Crippen MR) is 111 cm³/mol. The van der Waals surface area contributed by atoms with Crippen LogP contribution in [0.2, 0.25) is 0 Å². The van der Waals surface area contributed by atoms with Crippen LogP contribution in [-0.4, -0.2) is 48.9 Å².